The fourth-order valence-corrected chi connectivity index (χ4v) is 1.37. The van der Waals surface area contributed by atoms with E-state index in [1.165, 1.54) is 21.0 Å². The Balaban J connectivity index is 0.00000154. The SMILES string of the molecule is CC.Cc1ccc(C(F)(F)F)c(C(=O)N(C)C)c1O. The number of aryl methyl sites for hydroxylation is 1. The molecular formula is C13H18F3NO2. The molecule has 0 bridgehead atoms. The van der Waals surface area contributed by atoms with Crippen molar-refractivity contribution >= 4 is 5.91 Å². The van der Waals surface area contributed by atoms with E-state index in [9.17, 15) is 23.1 Å². The summed E-state index contributed by atoms with van der Waals surface area (Å²) in [5.74, 6) is -1.50. The number of rotatable bonds is 1. The molecule has 0 radical (unpaired) electrons. The topological polar surface area (TPSA) is 40.5 Å². The molecule has 0 saturated carbocycles. The monoisotopic (exact) mass is 277 g/mol. The third kappa shape index (κ3) is 3.87. The number of phenols is 1. The molecule has 19 heavy (non-hydrogen) atoms. The highest BCUT2D eigenvalue weighted by Crippen LogP contribution is 2.37. The van der Waals surface area contributed by atoms with Crippen LogP contribution in [0.25, 0.3) is 0 Å². The lowest BCUT2D eigenvalue weighted by atomic mass is 10.0. The summed E-state index contributed by atoms with van der Waals surface area (Å²) in [4.78, 5) is 12.6. The number of hydrogen-bond acceptors (Lipinski definition) is 2. The second kappa shape index (κ2) is 6.45. The number of benzene rings is 1. The van der Waals surface area contributed by atoms with Gasteiger partial charge in [-0.25, -0.2) is 0 Å². The zero-order valence-corrected chi connectivity index (χ0v) is 11.6. The van der Waals surface area contributed by atoms with Crippen LogP contribution in [0.2, 0.25) is 0 Å². The Bertz CT molecular complexity index is 454. The molecule has 0 aliphatic heterocycles. The van der Waals surface area contributed by atoms with Crippen molar-refractivity contribution < 1.29 is 23.1 Å². The van der Waals surface area contributed by atoms with Crippen molar-refractivity contribution in [2.75, 3.05) is 14.1 Å². The number of carbonyl (C=O) groups is 1. The van der Waals surface area contributed by atoms with Crippen LogP contribution in [-0.2, 0) is 6.18 Å². The molecule has 6 heteroatoms. The van der Waals surface area contributed by atoms with E-state index in [1.54, 1.807) is 0 Å². The van der Waals surface area contributed by atoms with Crippen LogP contribution in [0.15, 0.2) is 12.1 Å². The Labute approximate surface area is 110 Å². The molecule has 0 aliphatic carbocycles. The van der Waals surface area contributed by atoms with Crippen LogP contribution in [0.5, 0.6) is 5.75 Å². The zero-order valence-electron chi connectivity index (χ0n) is 11.6. The maximum absolute atomic E-state index is 12.7. The lowest BCUT2D eigenvalue weighted by Gasteiger charge is -2.18. The third-order valence-electron chi connectivity index (χ3n) is 2.31. The predicted molar refractivity (Wildman–Crippen MR) is 67.2 cm³/mol. The van der Waals surface area contributed by atoms with Gasteiger partial charge in [0.2, 0.25) is 0 Å². The second-order valence-corrected chi connectivity index (χ2v) is 3.85. The molecule has 1 aromatic carbocycles. The number of halogens is 3. The minimum Gasteiger partial charge on any atom is -0.507 e. The number of aromatic hydroxyl groups is 1. The first-order valence-corrected chi connectivity index (χ1v) is 5.77. The molecule has 0 fully saturated rings. The first-order valence-electron chi connectivity index (χ1n) is 5.77. The summed E-state index contributed by atoms with van der Waals surface area (Å²) in [6.07, 6.45) is -4.67. The van der Waals surface area contributed by atoms with Crippen molar-refractivity contribution in [3.8, 4) is 5.75 Å². The van der Waals surface area contributed by atoms with Gasteiger partial charge in [0.05, 0.1) is 11.1 Å². The van der Waals surface area contributed by atoms with Gasteiger partial charge in [0.25, 0.3) is 5.91 Å². The summed E-state index contributed by atoms with van der Waals surface area (Å²) in [6.45, 7) is 5.43. The standard InChI is InChI=1S/C11H12F3NO2.C2H6/c1-6-4-5-7(11(12,13)14)8(9(6)16)10(17)15(2)3;1-2/h4-5,16H,1-3H3;1-2H3. The van der Waals surface area contributed by atoms with Crippen LogP contribution in [-0.4, -0.2) is 30.0 Å². The fourth-order valence-electron chi connectivity index (χ4n) is 1.37. The van der Waals surface area contributed by atoms with E-state index < -0.39 is 29.0 Å². The van der Waals surface area contributed by atoms with E-state index in [1.807, 2.05) is 13.8 Å². The molecule has 0 atom stereocenters. The van der Waals surface area contributed by atoms with Crippen molar-refractivity contribution in [2.45, 2.75) is 26.9 Å². The molecule has 1 amide bonds. The maximum Gasteiger partial charge on any atom is 0.417 e. The molecule has 0 saturated heterocycles. The average Bonchev–Trinajstić information content (AvgIpc) is 2.32. The predicted octanol–water partition coefficient (Wildman–Crippen LogP) is 3.45. The van der Waals surface area contributed by atoms with Crippen LogP contribution in [0, 0.1) is 6.92 Å². The van der Waals surface area contributed by atoms with Gasteiger partial charge < -0.3 is 10.0 Å². The van der Waals surface area contributed by atoms with Gasteiger partial charge in [-0.15, -0.1) is 0 Å². The highest BCUT2D eigenvalue weighted by Gasteiger charge is 2.37. The molecular weight excluding hydrogens is 259 g/mol. The Hall–Kier alpha value is -1.72. The van der Waals surface area contributed by atoms with Gasteiger partial charge in [-0.05, 0) is 18.6 Å². The molecule has 0 aliphatic rings. The molecule has 1 N–H and O–H groups in total. The van der Waals surface area contributed by atoms with E-state index in [-0.39, 0.29) is 5.56 Å². The Kier molecular flexibility index (Phi) is 5.86. The lowest BCUT2D eigenvalue weighted by molar-refractivity contribution is -0.138. The van der Waals surface area contributed by atoms with E-state index in [2.05, 4.69) is 0 Å². The number of hydrogen-bond donors (Lipinski definition) is 1. The van der Waals surface area contributed by atoms with Crippen molar-refractivity contribution in [2.24, 2.45) is 0 Å². The van der Waals surface area contributed by atoms with Crippen LogP contribution >= 0.6 is 0 Å². The number of amides is 1. The minimum atomic E-state index is -4.67. The molecule has 0 spiro atoms. The number of phenolic OH excluding ortho intramolecular Hbond substituents is 1. The van der Waals surface area contributed by atoms with E-state index >= 15 is 0 Å². The molecule has 0 aromatic heterocycles. The van der Waals surface area contributed by atoms with Gasteiger partial charge in [0, 0.05) is 14.1 Å². The van der Waals surface area contributed by atoms with Crippen LogP contribution in [0.3, 0.4) is 0 Å². The van der Waals surface area contributed by atoms with Crippen LogP contribution in [0.1, 0.15) is 35.3 Å². The van der Waals surface area contributed by atoms with Gasteiger partial charge in [0.15, 0.2) is 0 Å². The fraction of sp³-hybridized carbons (Fsp3) is 0.462. The average molecular weight is 277 g/mol. The number of carbonyl (C=O) groups excluding carboxylic acids is 1. The van der Waals surface area contributed by atoms with Crippen LogP contribution in [0.4, 0.5) is 13.2 Å². The summed E-state index contributed by atoms with van der Waals surface area (Å²) in [7, 11) is 2.65. The van der Waals surface area contributed by atoms with E-state index in [4.69, 9.17) is 0 Å². The molecule has 1 rings (SSSR count). The smallest absolute Gasteiger partial charge is 0.417 e. The summed E-state index contributed by atoms with van der Waals surface area (Å²) in [5.41, 5.74) is -1.61. The number of alkyl halides is 3. The summed E-state index contributed by atoms with van der Waals surface area (Å²) in [6, 6.07) is 1.93. The minimum absolute atomic E-state index is 0.225. The molecule has 0 unspecified atom stereocenters. The number of nitrogens with zero attached hydrogens (tertiary/aromatic N) is 1. The normalized spacial score (nSPS) is 10.5. The summed E-state index contributed by atoms with van der Waals surface area (Å²) >= 11 is 0. The highest BCUT2D eigenvalue weighted by molar-refractivity contribution is 5.98. The Morgan fingerprint density at radius 1 is 1.21 bits per heavy atom. The zero-order chi connectivity index (χ0) is 15.4. The second-order valence-electron chi connectivity index (χ2n) is 3.85. The molecule has 0 heterocycles. The molecule has 3 nitrogen and oxygen atoms in total. The van der Waals surface area contributed by atoms with Crippen LogP contribution < -0.4 is 0 Å². The Morgan fingerprint density at radius 3 is 2.05 bits per heavy atom. The van der Waals surface area contributed by atoms with E-state index in [0.29, 0.717) is 0 Å². The summed E-state index contributed by atoms with van der Waals surface area (Å²) in [5, 5.41) is 9.61. The van der Waals surface area contributed by atoms with Crippen molar-refractivity contribution in [3.05, 3.63) is 28.8 Å². The lowest BCUT2D eigenvalue weighted by Crippen LogP contribution is -2.25. The van der Waals surface area contributed by atoms with Gasteiger partial charge in [-0.3, -0.25) is 4.79 Å². The first kappa shape index (κ1) is 17.3. The van der Waals surface area contributed by atoms with Crippen molar-refractivity contribution in [1.29, 1.82) is 0 Å². The quantitative estimate of drug-likeness (QED) is 0.854. The van der Waals surface area contributed by atoms with Gasteiger partial charge in [-0.1, -0.05) is 19.9 Å². The summed E-state index contributed by atoms with van der Waals surface area (Å²) < 4.78 is 38.1. The third-order valence-corrected chi connectivity index (χ3v) is 2.31. The van der Waals surface area contributed by atoms with Crippen molar-refractivity contribution in [1.82, 2.24) is 4.90 Å². The van der Waals surface area contributed by atoms with Crippen molar-refractivity contribution in [3.63, 3.8) is 0 Å². The first-order chi connectivity index (χ1) is 8.66. The van der Waals surface area contributed by atoms with Gasteiger partial charge in [-0.2, -0.15) is 13.2 Å². The molecule has 108 valence electrons. The van der Waals surface area contributed by atoms with Gasteiger partial charge in [0.1, 0.15) is 5.75 Å². The van der Waals surface area contributed by atoms with E-state index in [0.717, 1.165) is 17.0 Å². The highest BCUT2D eigenvalue weighted by atomic mass is 19.4. The van der Waals surface area contributed by atoms with Gasteiger partial charge >= 0.3 is 6.18 Å². The maximum atomic E-state index is 12.7. The Morgan fingerprint density at radius 2 is 1.68 bits per heavy atom. The largest absolute Gasteiger partial charge is 0.507 e. The molecule has 1 aromatic rings.